The van der Waals surface area contributed by atoms with E-state index in [9.17, 15) is 24.6 Å². The molecule has 1 saturated carbocycles. The van der Waals surface area contributed by atoms with Gasteiger partial charge in [0.15, 0.2) is 17.5 Å². The second kappa shape index (κ2) is 7.78. The van der Waals surface area contributed by atoms with E-state index < -0.39 is 53.5 Å². The Labute approximate surface area is 158 Å². The monoisotopic (exact) mass is 378 g/mol. The molecular weight excluding hydrogens is 352 g/mol. The molecule has 0 amide bonds. The van der Waals surface area contributed by atoms with Crippen molar-refractivity contribution in [3.8, 4) is 0 Å². The molecule has 0 spiro atoms. The molecule has 0 aromatic rings. The zero-order valence-corrected chi connectivity index (χ0v) is 16.0. The minimum atomic E-state index is -2.26. The van der Waals surface area contributed by atoms with E-state index in [1.165, 1.54) is 26.0 Å². The summed E-state index contributed by atoms with van der Waals surface area (Å²) in [5.74, 6) is -3.82. The van der Waals surface area contributed by atoms with Crippen LogP contribution in [0, 0.1) is 11.8 Å². The average Bonchev–Trinajstić information content (AvgIpc) is 2.87. The first kappa shape index (κ1) is 21.1. The Morgan fingerprint density at radius 1 is 1.37 bits per heavy atom. The lowest BCUT2D eigenvalue weighted by molar-refractivity contribution is -0.195. The van der Waals surface area contributed by atoms with Crippen molar-refractivity contribution in [3.05, 3.63) is 36.0 Å². The first-order chi connectivity index (χ1) is 12.6. The molecule has 0 radical (unpaired) electrons. The van der Waals surface area contributed by atoms with Crippen molar-refractivity contribution in [1.29, 1.82) is 0 Å². The van der Waals surface area contributed by atoms with Gasteiger partial charge in [-0.25, -0.2) is 9.59 Å². The Bertz CT molecular complexity index is 720. The summed E-state index contributed by atoms with van der Waals surface area (Å²) in [6.45, 7) is 9.97. The van der Waals surface area contributed by atoms with Gasteiger partial charge in [-0.15, -0.1) is 0 Å². The molecule has 2 fully saturated rings. The number of ether oxygens (including phenoxy) is 2. The molecule has 0 unspecified atom stereocenters. The lowest BCUT2D eigenvalue weighted by Crippen LogP contribution is -2.61. The van der Waals surface area contributed by atoms with E-state index in [4.69, 9.17) is 9.47 Å². The molecule has 2 aliphatic rings. The molecule has 0 aromatic heterocycles. The highest BCUT2D eigenvalue weighted by atomic mass is 16.6. The molecule has 148 valence electrons. The van der Waals surface area contributed by atoms with Crippen LogP contribution in [0.15, 0.2) is 36.0 Å². The second-order valence-corrected chi connectivity index (χ2v) is 7.08. The number of aliphatic hydroxyl groups is 2. The molecule has 6 atom stereocenters. The fraction of sp³-hybridized carbons (Fsp3) is 0.550. The van der Waals surface area contributed by atoms with Gasteiger partial charge in [-0.1, -0.05) is 25.7 Å². The maximum atomic E-state index is 12.8. The Balaban J connectivity index is 2.61. The minimum Gasteiger partial charge on any atom is -0.454 e. The van der Waals surface area contributed by atoms with Crippen LogP contribution in [0.4, 0.5) is 0 Å². The molecule has 0 bridgehead atoms. The average molecular weight is 378 g/mol. The largest absolute Gasteiger partial charge is 0.454 e. The second-order valence-electron chi connectivity index (χ2n) is 7.08. The molecule has 1 saturated heterocycles. The van der Waals surface area contributed by atoms with Gasteiger partial charge in [0, 0.05) is 23.0 Å². The summed E-state index contributed by atoms with van der Waals surface area (Å²) >= 11 is 0. The van der Waals surface area contributed by atoms with Gasteiger partial charge in [-0.3, -0.25) is 4.79 Å². The van der Waals surface area contributed by atoms with Gasteiger partial charge in [0.25, 0.3) is 0 Å². The van der Waals surface area contributed by atoms with E-state index in [-0.39, 0.29) is 17.6 Å². The number of hydrogen-bond donors (Lipinski definition) is 2. The number of hydrogen-bond acceptors (Lipinski definition) is 7. The molecule has 2 N–H and O–H groups in total. The van der Waals surface area contributed by atoms with Crippen LogP contribution >= 0.6 is 0 Å². The Hall–Kier alpha value is -2.25. The van der Waals surface area contributed by atoms with Gasteiger partial charge in [0.1, 0.15) is 6.10 Å². The first-order valence-electron chi connectivity index (χ1n) is 8.90. The third-order valence-electron chi connectivity index (χ3n) is 5.55. The quantitative estimate of drug-likeness (QED) is 0.559. The van der Waals surface area contributed by atoms with Crippen molar-refractivity contribution in [1.82, 2.24) is 0 Å². The predicted octanol–water partition coefficient (Wildman–Crippen LogP) is 1.24. The predicted molar refractivity (Wildman–Crippen MR) is 96.4 cm³/mol. The highest BCUT2D eigenvalue weighted by molar-refractivity contribution is 5.99. The highest BCUT2D eigenvalue weighted by Crippen LogP contribution is 2.45. The van der Waals surface area contributed by atoms with E-state index in [0.29, 0.717) is 0 Å². The number of carbonyl (C=O) groups is 3. The van der Waals surface area contributed by atoms with Gasteiger partial charge in [-0.2, -0.15) is 0 Å². The van der Waals surface area contributed by atoms with E-state index in [2.05, 4.69) is 6.58 Å². The van der Waals surface area contributed by atoms with Crippen molar-refractivity contribution in [2.24, 2.45) is 11.8 Å². The Morgan fingerprint density at radius 3 is 2.56 bits per heavy atom. The van der Waals surface area contributed by atoms with Crippen LogP contribution in [0.1, 0.15) is 34.1 Å². The van der Waals surface area contributed by atoms with Crippen LogP contribution in [0.25, 0.3) is 0 Å². The Kier molecular flexibility index (Phi) is 6.07. The van der Waals surface area contributed by atoms with Crippen molar-refractivity contribution >= 4 is 17.7 Å². The summed E-state index contributed by atoms with van der Waals surface area (Å²) in [5, 5.41) is 22.0. The molecular formula is C20H26O7. The first-order valence-corrected chi connectivity index (χ1v) is 8.90. The molecule has 1 aliphatic carbocycles. The summed E-state index contributed by atoms with van der Waals surface area (Å²) in [7, 11) is 0. The van der Waals surface area contributed by atoms with Crippen molar-refractivity contribution in [2.45, 2.75) is 58.0 Å². The van der Waals surface area contributed by atoms with Crippen LogP contribution in [-0.2, 0) is 23.9 Å². The van der Waals surface area contributed by atoms with Crippen LogP contribution in [0.5, 0.6) is 0 Å². The smallest absolute Gasteiger partial charge is 0.334 e. The molecule has 7 heteroatoms. The van der Waals surface area contributed by atoms with Crippen molar-refractivity contribution in [2.75, 3.05) is 0 Å². The molecule has 1 aliphatic heterocycles. The van der Waals surface area contributed by atoms with Crippen molar-refractivity contribution in [3.63, 3.8) is 0 Å². The normalized spacial score (nSPS) is 37.0. The Morgan fingerprint density at radius 2 is 2.00 bits per heavy atom. The van der Waals surface area contributed by atoms with Crippen LogP contribution < -0.4 is 0 Å². The number of allylic oxidation sites excluding steroid dienone is 2. The third-order valence-corrected chi connectivity index (χ3v) is 5.55. The highest BCUT2D eigenvalue weighted by Gasteiger charge is 2.62. The minimum absolute atomic E-state index is 0.0541. The number of carbonyl (C=O) groups excluding carboxylic acids is 3. The van der Waals surface area contributed by atoms with Crippen LogP contribution in [-0.4, -0.2) is 51.8 Å². The zero-order chi connectivity index (χ0) is 20.5. The molecule has 27 heavy (non-hydrogen) atoms. The summed E-state index contributed by atoms with van der Waals surface area (Å²) in [6, 6.07) is 0. The maximum absolute atomic E-state index is 12.8. The number of ketones is 1. The topological polar surface area (TPSA) is 110 Å². The third kappa shape index (κ3) is 3.49. The van der Waals surface area contributed by atoms with Crippen molar-refractivity contribution < 1.29 is 34.1 Å². The SMILES string of the molecule is C=C1C(=O)O[C@@H]2[C@@H]1C[C@@H](O)[C@H](C)[C@@](O)(C(=O)/C=C/C)[C@H]2OC(=O)/C(C)=C\C. The number of esters is 2. The lowest BCUT2D eigenvalue weighted by Gasteiger charge is -2.39. The number of rotatable bonds is 4. The molecule has 7 nitrogen and oxygen atoms in total. The van der Waals surface area contributed by atoms with E-state index >= 15 is 0 Å². The van der Waals surface area contributed by atoms with Gasteiger partial charge < -0.3 is 19.7 Å². The van der Waals surface area contributed by atoms with Crippen LogP contribution in [0.3, 0.4) is 0 Å². The summed E-state index contributed by atoms with van der Waals surface area (Å²) in [4.78, 5) is 37.2. The van der Waals surface area contributed by atoms with E-state index in [0.717, 1.165) is 6.08 Å². The fourth-order valence-electron chi connectivity index (χ4n) is 3.58. The van der Waals surface area contributed by atoms with E-state index in [1.54, 1.807) is 13.8 Å². The van der Waals surface area contributed by atoms with Gasteiger partial charge in [0.05, 0.1) is 6.10 Å². The molecule has 0 aromatic carbocycles. The number of aliphatic hydroxyl groups excluding tert-OH is 1. The lowest BCUT2D eigenvalue weighted by atomic mass is 9.77. The zero-order valence-electron chi connectivity index (χ0n) is 16.0. The summed E-state index contributed by atoms with van der Waals surface area (Å²) in [5.41, 5.74) is -1.87. The standard InChI is InChI=1S/C20H26O7/c1-6-8-15(22)20(25)12(5)14(21)9-13-11(4)19(24)26-16(13)17(20)27-18(23)10(3)7-2/h6-8,12-14,16-17,21,25H,4,9H2,1-3,5H3/b8-6+,10-7-/t12-,13+,14+,16+,17-,20+/m0/s1. The van der Waals surface area contributed by atoms with Gasteiger partial charge >= 0.3 is 11.9 Å². The van der Waals surface area contributed by atoms with Gasteiger partial charge in [0.2, 0.25) is 0 Å². The van der Waals surface area contributed by atoms with Gasteiger partial charge in [-0.05, 0) is 33.3 Å². The molecule has 1 heterocycles. The van der Waals surface area contributed by atoms with E-state index in [1.807, 2.05) is 0 Å². The van der Waals surface area contributed by atoms with Crippen LogP contribution in [0.2, 0.25) is 0 Å². The maximum Gasteiger partial charge on any atom is 0.334 e. The molecule has 2 rings (SSSR count). The number of fused-ring (bicyclic) bond motifs is 1. The summed E-state index contributed by atoms with van der Waals surface area (Å²) < 4.78 is 10.8. The summed E-state index contributed by atoms with van der Waals surface area (Å²) in [6.07, 6.45) is 0.450. The fourth-order valence-corrected chi connectivity index (χ4v) is 3.58.